The van der Waals surface area contributed by atoms with Gasteiger partial charge in [-0.3, -0.25) is 14.7 Å². The first-order valence-electron chi connectivity index (χ1n) is 13.6. The van der Waals surface area contributed by atoms with Gasteiger partial charge in [0.15, 0.2) is 0 Å². The van der Waals surface area contributed by atoms with Crippen molar-refractivity contribution in [3.8, 4) is 0 Å². The van der Waals surface area contributed by atoms with Crippen LogP contribution >= 0.6 is 0 Å². The predicted octanol–water partition coefficient (Wildman–Crippen LogP) is 3.01. The van der Waals surface area contributed by atoms with Crippen molar-refractivity contribution in [2.24, 2.45) is 16.2 Å². The Bertz CT molecular complexity index is 1000. The van der Waals surface area contributed by atoms with Gasteiger partial charge in [-0.2, -0.15) is 0 Å². The van der Waals surface area contributed by atoms with Crippen LogP contribution in [0, 0.1) is 16.2 Å². The van der Waals surface area contributed by atoms with Crippen LogP contribution in [0.25, 0.3) is 0 Å². The smallest absolute Gasteiger partial charge is 0.0921 e. The van der Waals surface area contributed by atoms with E-state index in [4.69, 9.17) is 0 Å². The second kappa shape index (κ2) is 8.00. The average molecular weight is 490 g/mol. The minimum atomic E-state index is 0.298. The van der Waals surface area contributed by atoms with Crippen molar-refractivity contribution in [1.29, 1.82) is 0 Å². The van der Waals surface area contributed by atoms with E-state index >= 15 is 0 Å². The van der Waals surface area contributed by atoms with Gasteiger partial charge in [-0.25, -0.2) is 15.0 Å². The highest BCUT2D eigenvalue weighted by Crippen LogP contribution is 2.71. The Morgan fingerprint density at radius 2 is 0.917 bits per heavy atom. The monoisotopic (exact) mass is 489 g/mol. The third-order valence-corrected chi connectivity index (χ3v) is 9.76. The molecule has 192 valence electrons. The van der Waals surface area contributed by atoms with E-state index in [2.05, 4.69) is 65.4 Å². The summed E-state index contributed by atoms with van der Waals surface area (Å²) >= 11 is 0. The number of hydrogen-bond donors (Lipinski definition) is 3. The molecule has 3 aromatic rings. The highest BCUT2D eigenvalue weighted by molar-refractivity contribution is 5.23. The molecule has 36 heavy (non-hydrogen) atoms. The predicted molar refractivity (Wildman–Crippen MR) is 137 cm³/mol. The van der Waals surface area contributed by atoms with Crippen molar-refractivity contribution in [1.82, 2.24) is 44.6 Å². The molecule has 0 amide bonds. The Morgan fingerprint density at radius 1 is 0.611 bits per heavy atom. The Kier molecular flexibility index (Phi) is 5.04. The molecule has 4 saturated heterocycles. The van der Waals surface area contributed by atoms with Gasteiger partial charge >= 0.3 is 0 Å². The molecule has 0 aromatic carbocycles. The summed E-state index contributed by atoms with van der Waals surface area (Å²) in [5.74, 6) is 0. The minimum Gasteiger partial charge on any atom is -0.348 e. The van der Waals surface area contributed by atoms with Crippen molar-refractivity contribution in [3.63, 3.8) is 0 Å². The van der Waals surface area contributed by atoms with Crippen LogP contribution in [-0.4, -0.2) is 82.7 Å². The molecule has 1 saturated carbocycles. The molecule has 0 radical (unpaired) electrons. The molecule has 5 fully saturated rings. The SMILES string of the molecule is CC12CC3(C)CC(C)(C1)C1N(CCc4cnc[nH]4)C2N(CCc2cnc[nH]2)C3N1CCc1cnc[nH]1. The van der Waals surface area contributed by atoms with Crippen LogP contribution in [0.1, 0.15) is 57.1 Å². The molecule has 4 aliphatic heterocycles. The highest BCUT2D eigenvalue weighted by Gasteiger charge is 2.74. The molecular weight excluding hydrogens is 450 g/mol. The molecule has 0 unspecified atom stereocenters. The normalized spacial score (nSPS) is 37.9. The van der Waals surface area contributed by atoms with Gasteiger partial charge in [0.05, 0.1) is 37.5 Å². The molecule has 3 N–H and O–H groups in total. The lowest BCUT2D eigenvalue weighted by Gasteiger charge is -2.81. The lowest BCUT2D eigenvalue weighted by atomic mass is 9.44. The summed E-state index contributed by atoms with van der Waals surface area (Å²) in [5.41, 5.74) is 4.58. The van der Waals surface area contributed by atoms with Gasteiger partial charge in [-0.1, -0.05) is 20.8 Å². The zero-order valence-corrected chi connectivity index (χ0v) is 21.7. The molecule has 8 rings (SSSR count). The zero-order chi connectivity index (χ0) is 24.5. The summed E-state index contributed by atoms with van der Waals surface area (Å²) in [6.45, 7) is 10.9. The first kappa shape index (κ1) is 22.7. The van der Waals surface area contributed by atoms with Crippen LogP contribution < -0.4 is 0 Å². The van der Waals surface area contributed by atoms with Gasteiger partial charge in [0.1, 0.15) is 0 Å². The number of aromatic nitrogens is 6. The average Bonchev–Trinajstić information content (AvgIpc) is 3.60. The number of aromatic amines is 3. The van der Waals surface area contributed by atoms with E-state index in [0.717, 1.165) is 38.9 Å². The van der Waals surface area contributed by atoms with E-state index in [0.29, 0.717) is 34.7 Å². The van der Waals surface area contributed by atoms with E-state index < -0.39 is 0 Å². The maximum atomic E-state index is 4.29. The van der Waals surface area contributed by atoms with E-state index in [9.17, 15) is 0 Å². The molecule has 7 heterocycles. The van der Waals surface area contributed by atoms with Gasteiger partial charge in [0.2, 0.25) is 0 Å². The fraction of sp³-hybridized carbons (Fsp3) is 0.667. The standard InChI is InChI=1S/C27H39N9/c1-25-13-26(2)15-27(3,14-25)24-35(8-5-20-11-29-17-32-20)22(25)34(7-4-19-10-28-16-31-19)23(26)36(24)9-6-21-12-30-18-33-21/h10-12,16-18,22-24H,4-9,13-15H2,1-3H3,(H,28,31)(H,29,32)(H,30,33). The van der Waals surface area contributed by atoms with E-state index in [-0.39, 0.29) is 0 Å². The van der Waals surface area contributed by atoms with Crippen molar-refractivity contribution >= 4 is 0 Å². The van der Waals surface area contributed by atoms with Crippen LogP contribution in [0.4, 0.5) is 0 Å². The molecule has 5 aliphatic rings. The first-order chi connectivity index (χ1) is 17.4. The van der Waals surface area contributed by atoms with Gasteiger partial charge in [0, 0.05) is 74.6 Å². The summed E-state index contributed by atoms with van der Waals surface area (Å²) in [6.07, 6.45) is 19.7. The summed E-state index contributed by atoms with van der Waals surface area (Å²) in [4.78, 5) is 31.6. The molecule has 0 atom stereocenters. The Morgan fingerprint density at radius 3 is 1.17 bits per heavy atom. The Balaban J connectivity index is 1.28. The molecule has 9 heteroatoms. The number of nitrogens with zero attached hydrogens (tertiary/aromatic N) is 6. The van der Waals surface area contributed by atoms with Crippen LogP contribution in [0.2, 0.25) is 0 Å². The summed E-state index contributed by atoms with van der Waals surface area (Å²) in [7, 11) is 0. The number of nitrogens with one attached hydrogen (secondary N) is 3. The topological polar surface area (TPSA) is 95.8 Å². The lowest BCUT2D eigenvalue weighted by Crippen LogP contribution is -2.89. The summed E-state index contributed by atoms with van der Waals surface area (Å²) in [5, 5.41) is 0. The van der Waals surface area contributed by atoms with Crippen molar-refractivity contribution in [3.05, 3.63) is 54.7 Å². The molecule has 6 bridgehead atoms. The van der Waals surface area contributed by atoms with Crippen LogP contribution in [0.5, 0.6) is 0 Å². The third kappa shape index (κ3) is 3.35. The minimum absolute atomic E-state index is 0.298. The fourth-order valence-corrected chi connectivity index (χ4v) is 9.62. The number of piperidine rings is 3. The van der Waals surface area contributed by atoms with Crippen LogP contribution in [0.3, 0.4) is 0 Å². The molecule has 0 spiro atoms. The first-order valence-corrected chi connectivity index (χ1v) is 13.6. The highest BCUT2D eigenvalue weighted by atomic mass is 15.6. The van der Waals surface area contributed by atoms with Gasteiger partial charge in [0.25, 0.3) is 0 Å². The van der Waals surface area contributed by atoms with Crippen LogP contribution in [0.15, 0.2) is 37.6 Å². The number of hydrogen-bond acceptors (Lipinski definition) is 6. The largest absolute Gasteiger partial charge is 0.348 e. The van der Waals surface area contributed by atoms with Gasteiger partial charge in [-0.05, 0) is 35.5 Å². The lowest BCUT2D eigenvalue weighted by molar-refractivity contribution is -0.371. The molecule has 3 aromatic heterocycles. The van der Waals surface area contributed by atoms with Crippen LogP contribution in [-0.2, 0) is 19.3 Å². The Hall–Kier alpha value is -2.49. The number of imidazole rings is 3. The maximum Gasteiger partial charge on any atom is 0.0921 e. The number of H-pyrrole nitrogens is 3. The summed E-state index contributed by atoms with van der Waals surface area (Å²) < 4.78 is 0. The van der Waals surface area contributed by atoms with Gasteiger partial charge < -0.3 is 15.0 Å². The van der Waals surface area contributed by atoms with E-state index in [1.165, 1.54) is 36.3 Å². The summed E-state index contributed by atoms with van der Waals surface area (Å²) in [6, 6.07) is 0. The zero-order valence-electron chi connectivity index (χ0n) is 21.7. The second-order valence-electron chi connectivity index (χ2n) is 12.8. The molecule has 9 nitrogen and oxygen atoms in total. The number of rotatable bonds is 9. The van der Waals surface area contributed by atoms with E-state index in [1.807, 2.05) is 37.6 Å². The molecular formula is C27H39N9. The maximum absolute atomic E-state index is 4.29. The van der Waals surface area contributed by atoms with E-state index in [1.54, 1.807) is 0 Å². The molecule has 1 aliphatic carbocycles. The third-order valence-electron chi connectivity index (χ3n) is 9.76. The van der Waals surface area contributed by atoms with Crippen molar-refractivity contribution in [2.75, 3.05) is 19.6 Å². The quantitative estimate of drug-likeness (QED) is 0.428. The fourth-order valence-electron chi connectivity index (χ4n) is 9.62. The second-order valence-corrected chi connectivity index (χ2v) is 12.8. The van der Waals surface area contributed by atoms with Crippen molar-refractivity contribution in [2.45, 2.75) is 77.8 Å². The van der Waals surface area contributed by atoms with Gasteiger partial charge in [-0.15, -0.1) is 0 Å². The van der Waals surface area contributed by atoms with Crippen molar-refractivity contribution < 1.29 is 0 Å². The Labute approximate surface area is 213 Å².